The molecular formula is C13H19N3O5. The Kier molecular flexibility index (Phi) is 3.48. The van der Waals surface area contributed by atoms with Crippen LogP contribution in [-0.2, 0) is 4.74 Å². The van der Waals surface area contributed by atoms with Crippen molar-refractivity contribution >= 4 is 5.82 Å². The quantitative estimate of drug-likeness (QED) is 0.552. The molecule has 0 aromatic carbocycles. The molecule has 1 saturated carbocycles. The average Bonchev–Trinajstić information content (AvgIpc) is 3.20. The topological polar surface area (TPSA) is 117 Å². The third-order valence-corrected chi connectivity index (χ3v) is 3.95. The fourth-order valence-electron chi connectivity index (χ4n) is 2.50. The van der Waals surface area contributed by atoms with Crippen LogP contribution in [0.1, 0.15) is 26.0 Å². The summed E-state index contributed by atoms with van der Waals surface area (Å²) < 4.78 is 6.51. The number of ether oxygens (including phenoxy) is 1. The summed E-state index contributed by atoms with van der Waals surface area (Å²) in [5, 5.41) is 32.5. The first-order chi connectivity index (χ1) is 9.93. The normalized spacial score (nSPS) is 35.9. The van der Waals surface area contributed by atoms with E-state index in [9.17, 15) is 15.0 Å². The number of nitrogens with one attached hydrogen (secondary N) is 1. The highest BCUT2D eigenvalue weighted by atomic mass is 16.6. The molecule has 8 heteroatoms. The summed E-state index contributed by atoms with van der Waals surface area (Å²) in [5.74, 6) is 0.482. The van der Waals surface area contributed by atoms with Crippen LogP contribution in [-0.4, -0.2) is 55.3 Å². The van der Waals surface area contributed by atoms with Crippen molar-refractivity contribution < 1.29 is 20.1 Å². The zero-order chi connectivity index (χ0) is 15.2. The summed E-state index contributed by atoms with van der Waals surface area (Å²) >= 11 is 0. The summed E-state index contributed by atoms with van der Waals surface area (Å²) in [7, 11) is 0. The molecule has 0 bridgehead atoms. The zero-order valence-corrected chi connectivity index (χ0v) is 11.6. The molecule has 1 aliphatic heterocycles. The second kappa shape index (κ2) is 5.06. The van der Waals surface area contributed by atoms with Gasteiger partial charge in [-0.1, -0.05) is 0 Å². The number of hydrogen-bond acceptors (Lipinski definition) is 7. The van der Waals surface area contributed by atoms with Gasteiger partial charge in [-0.15, -0.1) is 0 Å². The molecule has 4 atom stereocenters. The van der Waals surface area contributed by atoms with E-state index in [-0.39, 0.29) is 0 Å². The first kappa shape index (κ1) is 14.5. The maximum absolute atomic E-state index is 12.1. The predicted octanol–water partition coefficient (Wildman–Crippen LogP) is -1.18. The van der Waals surface area contributed by atoms with Gasteiger partial charge in [0.15, 0.2) is 6.23 Å². The summed E-state index contributed by atoms with van der Waals surface area (Å²) in [6, 6.07) is 2.00. The Balaban J connectivity index is 1.87. The van der Waals surface area contributed by atoms with Crippen molar-refractivity contribution in [2.24, 2.45) is 0 Å². The van der Waals surface area contributed by atoms with Crippen molar-refractivity contribution in [1.82, 2.24) is 9.55 Å². The Hall–Kier alpha value is -1.48. The first-order valence-electron chi connectivity index (χ1n) is 6.96. The number of hydrogen-bond donors (Lipinski definition) is 4. The van der Waals surface area contributed by atoms with Crippen molar-refractivity contribution in [2.75, 3.05) is 11.9 Å². The molecule has 1 aliphatic carbocycles. The van der Waals surface area contributed by atoms with Crippen molar-refractivity contribution in [2.45, 2.75) is 49.8 Å². The molecule has 0 radical (unpaired) electrons. The highest BCUT2D eigenvalue weighted by Crippen LogP contribution is 2.37. The van der Waals surface area contributed by atoms with E-state index in [4.69, 9.17) is 9.84 Å². The number of anilines is 1. The van der Waals surface area contributed by atoms with Crippen LogP contribution in [0, 0.1) is 0 Å². The Morgan fingerprint density at radius 1 is 1.57 bits per heavy atom. The molecule has 0 amide bonds. The Morgan fingerprint density at radius 3 is 2.81 bits per heavy atom. The van der Waals surface area contributed by atoms with Crippen LogP contribution in [0.15, 0.2) is 17.1 Å². The molecule has 3 rings (SSSR count). The monoisotopic (exact) mass is 297 g/mol. The number of nitrogens with zero attached hydrogens (tertiary/aromatic N) is 2. The van der Waals surface area contributed by atoms with E-state index in [0.29, 0.717) is 11.9 Å². The van der Waals surface area contributed by atoms with E-state index >= 15 is 0 Å². The van der Waals surface area contributed by atoms with Crippen LogP contribution in [0.4, 0.5) is 5.82 Å². The molecule has 2 heterocycles. The van der Waals surface area contributed by atoms with E-state index < -0.39 is 36.3 Å². The molecule has 4 unspecified atom stereocenters. The van der Waals surface area contributed by atoms with Gasteiger partial charge in [0.05, 0.1) is 6.61 Å². The molecule has 1 saturated heterocycles. The van der Waals surface area contributed by atoms with Crippen molar-refractivity contribution in [3.05, 3.63) is 22.7 Å². The molecule has 21 heavy (non-hydrogen) atoms. The lowest BCUT2D eigenvalue weighted by Gasteiger charge is -2.27. The van der Waals surface area contributed by atoms with Crippen LogP contribution >= 0.6 is 0 Å². The van der Waals surface area contributed by atoms with E-state index in [1.807, 2.05) is 0 Å². The maximum atomic E-state index is 12.1. The summed E-state index contributed by atoms with van der Waals surface area (Å²) in [6.45, 7) is 0.915. The number of aliphatic hydroxyl groups excluding tert-OH is 2. The standard InChI is InChI=1S/C13H19N3O5/c1-13(20)10(18)8(6-17)21-11(13)16-5-4-9(15-12(16)19)14-7-2-3-7/h4-5,7-8,10-11,17-18,20H,2-3,6H2,1H3,(H,14,15,19). The summed E-state index contributed by atoms with van der Waals surface area (Å²) in [6.07, 6.45) is 0.265. The highest BCUT2D eigenvalue weighted by Gasteiger charge is 2.53. The van der Waals surface area contributed by atoms with Gasteiger partial charge in [0.25, 0.3) is 0 Å². The van der Waals surface area contributed by atoms with Crippen LogP contribution in [0.3, 0.4) is 0 Å². The van der Waals surface area contributed by atoms with E-state index in [0.717, 1.165) is 17.4 Å². The second-order valence-corrected chi connectivity index (χ2v) is 5.80. The fraction of sp³-hybridized carbons (Fsp3) is 0.692. The number of rotatable bonds is 4. The van der Waals surface area contributed by atoms with Gasteiger partial charge in [0, 0.05) is 12.2 Å². The van der Waals surface area contributed by atoms with E-state index in [2.05, 4.69) is 10.3 Å². The molecule has 8 nitrogen and oxygen atoms in total. The van der Waals surface area contributed by atoms with E-state index in [1.54, 1.807) is 6.07 Å². The molecule has 0 spiro atoms. The van der Waals surface area contributed by atoms with Crippen LogP contribution in [0.2, 0.25) is 0 Å². The Bertz CT molecular complexity index is 583. The van der Waals surface area contributed by atoms with Gasteiger partial charge in [0.2, 0.25) is 0 Å². The SMILES string of the molecule is CC1(O)C(O)C(CO)OC1n1ccc(NC2CC2)nc1=O. The second-order valence-electron chi connectivity index (χ2n) is 5.80. The summed E-state index contributed by atoms with van der Waals surface area (Å²) in [5.41, 5.74) is -2.28. The zero-order valence-electron chi connectivity index (χ0n) is 11.6. The third kappa shape index (κ3) is 2.55. The lowest BCUT2D eigenvalue weighted by atomic mass is 9.96. The molecule has 116 valence electrons. The number of aromatic nitrogens is 2. The Labute approximate surface area is 121 Å². The fourth-order valence-corrected chi connectivity index (χ4v) is 2.50. The highest BCUT2D eigenvalue weighted by molar-refractivity contribution is 5.35. The predicted molar refractivity (Wildman–Crippen MR) is 72.8 cm³/mol. The minimum absolute atomic E-state index is 0.374. The molecule has 1 aromatic rings. The van der Waals surface area contributed by atoms with Gasteiger partial charge in [-0.2, -0.15) is 4.98 Å². The molecule has 2 fully saturated rings. The van der Waals surface area contributed by atoms with Gasteiger partial charge in [-0.3, -0.25) is 4.57 Å². The molecule has 2 aliphatic rings. The molecule has 4 N–H and O–H groups in total. The van der Waals surface area contributed by atoms with E-state index in [1.165, 1.54) is 13.1 Å². The van der Waals surface area contributed by atoms with Crippen LogP contribution < -0.4 is 11.0 Å². The summed E-state index contributed by atoms with van der Waals surface area (Å²) in [4.78, 5) is 16.0. The first-order valence-corrected chi connectivity index (χ1v) is 6.96. The average molecular weight is 297 g/mol. The minimum Gasteiger partial charge on any atom is -0.394 e. The maximum Gasteiger partial charge on any atom is 0.351 e. The third-order valence-electron chi connectivity index (χ3n) is 3.95. The minimum atomic E-state index is -1.69. The van der Waals surface area contributed by atoms with Crippen molar-refractivity contribution in [1.29, 1.82) is 0 Å². The van der Waals surface area contributed by atoms with Gasteiger partial charge >= 0.3 is 5.69 Å². The van der Waals surface area contributed by atoms with Gasteiger partial charge in [-0.25, -0.2) is 4.79 Å². The number of aliphatic hydroxyl groups is 3. The smallest absolute Gasteiger partial charge is 0.351 e. The lowest BCUT2D eigenvalue weighted by molar-refractivity contribution is -0.0986. The van der Waals surface area contributed by atoms with Crippen LogP contribution in [0.25, 0.3) is 0 Å². The molecule has 1 aromatic heterocycles. The molecular weight excluding hydrogens is 278 g/mol. The van der Waals surface area contributed by atoms with Crippen LogP contribution in [0.5, 0.6) is 0 Å². The van der Waals surface area contributed by atoms with Gasteiger partial charge in [-0.05, 0) is 25.8 Å². The van der Waals surface area contributed by atoms with Crippen molar-refractivity contribution in [3.8, 4) is 0 Å². The van der Waals surface area contributed by atoms with Gasteiger partial charge < -0.3 is 25.4 Å². The Morgan fingerprint density at radius 2 is 2.29 bits per heavy atom. The van der Waals surface area contributed by atoms with Gasteiger partial charge in [0.1, 0.15) is 23.6 Å². The lowest BCUT2D eigenvalue weighted by Crippen LogP contribution is -2.46. The largest absolute Gasteiger partial charge is 0.394 e. The van der Waals surface area contributed by atoms with Crippen molar-refractivity contribution in [3.63, 3.8) is 0 Å².